The Kier molecular flexibility index (Phi) is 5.72. The van der Waals surface area contributed by atoms with Crippen LogP contribution in [0.2, 0.25) is 0 Å². The van der Waals surface area contributed by atoms with Crippen LogP contribution in [0.25, 0.3) is 0 Å². The Labute approximate surface area is 141 Å². The first-order chi connectivity index (χ1) is 11.3. The highest BCUT2D eigenvalue weighted by Crippen LogP contribution is 2.18. The third-order valence-electron chi connectivity index (χ3n) is 3.91. The molecule has 1 heterocycles. The fourth-order valence-electron chi connectivity index (χ4n) is 2.37. The summed E-state index contributed by atoms with van der Waals surface area (Å²) in [6.07, 6.45) is 5.51. The van der Waals surface area contributed by atoms with E-state index in [0.29, 0.717) is 6.54 Å². The van der Waals surface area contributed by atoms with Crippen molar-refractivity contribution in [2.75, 3.05) is 6.61 Å². The van der Waals surface area contributed by atoms with Crippen LogP contribution in [-0.4, -0.2) is 28.2 Å². The molecule has 1 aromatic carbocycles. The topological polar surface area (TPSA) is 58.1 Å². The molecule has 130 valence electrons. The molecule has 5 nitrogen and oxygen atoms in total. The van der Waals surface area contributed by atoms with Gasteiger partial charge in [-0.25, -0.2) is 13.5 Å². The molecule has 2 aromatic rings. The minimum absolute atomic E-state index is 0.0918. The van der Waals surface area contributed by atoms with Gasteiger partial charge in [-0.15, -0.1) is 0 Å². The number of aliphatic hydroxyl groups is 1. The molecular weight excluding hydrogens is 309 g/mol. The number of halogens is 1. The number of amides is 1. The molecule has 2 N–H and O–H groups in total. The molecule has 0 fully saturated rings. The lowest BCUT2D eigenvalue weighted by atomic mass is 9.87. The van der Waals surface area contributed by atoms with Crippen LogP contribution in [0.3, 0.4) is 0 Å². The molecule has 0 aliphatic heterocycles. The van der Waals surface area contributed by atoms with Crippen LogP contribution >= 0.6 is 0 Å². The number of benzene rings is 1. The van der Waals surface area contributed by atoms with E-state index in [1.54, 1.807) is 16.7 Å². The van der Waals surface area contributed by atoms with Gasteiger partial charge in [0.05, 0.1) is 12.6 Å². The van der Waals surface area contributed by atoms with Gasteiger partial charge in [0.25, 0.3) is 5.91 Å². The molecule has 2 rings (SSSR count). The van der Waals surface area contributed by atoms with Crippen LogP contribution in [0.15, 0.2) is 43.0 Å². The SMILES string of the molecule is CC(C)(C)[C@@H](CO)NC(=O)Cn1cc[n+](Cc2ccc(F)cc2)c1. The van der Waals surface area contributed by atoms with Gasteiger partial charge in [0.1, 0.15) is 24.8 Å². The number of imidazole rings is 1. The van der Waals surface area contributed by atoms with E-state index in [1.807, 2.05) is 44.1 Å². The predicted molar refractivity (Wildman–Crippen MR) is 88.6 cm³/mol. The van der Waals surface area contributed by atoms with E-state index in [4.69, 9.17) is 0 Å². The fourth-order valence-corrected chi connectivity index (χ4v) is 2.37. The van der Waals surface area contributed by atoms with Crippen LogP contribution in [0.5, 0.6) is 0 Å². The largest absolute Gasteiger partial charge is 0.394 e. The normalized spacial score (nSPS) is 12.9. The van der Waals surface area contributed by atoms with Gasteiger partial charge in [-0.2, -0.15) is 0 Å². The molecule has 0 aliphatic rings. The zero-order valence-electron chi connectivity index (χ0n) is 14.4. The zero-order chi connectivity index (χ0) is 17.7. The smallest absolute Gasteiger partial charge is 0.262 e. The highest BCUT2D eigenvalue weighted by molar-refractivity contribution is 5.76. The van der Waals surface area contributed by atoms with Crippen LogP contribution in [-0.2, 0) is 17.9 Å². The summed E-state index contributed by atoms with van der Waals surface area (Å²) in [6.45, 7) is 6.62. The molecule has 1 aromatic heterocycles. The van der Waals surface area contributed by atoms with Gasteiger partial charge in [0.2, 0.25) is 6.33 Å². The number of rotatable bonds is 6. The second-order valence-electron chi connectivity index (χ2n) is 7.05. The summed E-state index contributed by atoms with van der Waals surface area (Å²) in [6, 6.07) is 6.05. The standard InChI is InChI=1S/C18H24FN3O2/c1-18(2,3)16(12-23)20-17(24)11-22-9-8-21(13-22)10-14-4-6-15(19)7-5-14/h4-9,13,16,23H,10-12H2,1-3H3/p+1/t16-/m1/s1. The van der Waals surface area contributed by atoms with E-state index in [0.717, 1.165) is 5.56 Å². The van der Waals surface area contributed by atoms with Gasteiger partial charge in [0.15, 0.2) is 6.54 Å². The van der Waals surface area contributed by atoms with E-state index in [-0.39, 0.29) is 36.3 Å². The van der Waals surface area contributed by atoms with Crippen LogP contribution < -0.4 is 9.88 Å². The van der Waals surface area contributed by atoms with Gasteiger partial charge < -0.3 is 10.4 Å². The Morgan fingerprint density at radius 2 is 2.00 bits per heavy atom. The summed E-state index contributed by atoms with van der Waals surface area (Å²) in [4.78, 5) is 12.1. The Morgan fingerprint density at radius 3 is 2.58 bits per heavy atom. The molecule has 0 bridgehead atoms. The molecular formula is C18H25FN3O2+. The number of hydrogen-bond acceptors (Lipinski definition) is 2. The van der Waals surface area contributed by atoms with Crippen molar-refractivity contribution in [3.8, 4) is 0 Å². The van der Waals surface area contributed by atoms with Crippen LogP contribution in [0, 0.1) is 11.2 Å². The first-order valence-electron chi connectivity index (χ1n) is 7.97. The van der Waals surface area contributed by atoms with Crippen molar-refractivity contribution in [1.82, 2.24) is 9.88 Å². The molecule has 0 saturated heterocycles. The molecule has 6 heteroatoms. The van der Waals surface area contributed by atoms with Crippen molar-refractivity contribution in [1.29, 1.82) is 0 Å². The predicted octanol–water partition coefficient (Wildman–Crippen LogP) is 1.49. The molecule has 0 spiro atoms. The number of aromatic nitrogens is 2. The average molecular weight is 334 g/mol. The maximum Gasteiger partial charge on any atom is 0.262 e. The number of hydrogen-bond donors (Lipinski definition) is 2. The molecule has 0 radical (unpaired) electrons. The second kappa shape index (κ2) is 7.57. The van der Waals surface area contributed by atoms with Gasteiger partial charge in [-0.3, -0.25) is 4.79 Å². The Balaban J connectivity index is 1.93. The summed E-state index contributed by atoms with van der Waals surface area (Å²) in [5, 5.41) is 12.3. The van der Waals surface area contributed by atoms with E-state index in [2.05, 4.69) is 5.32 Å². The number of aliphatic hydroxyl groups excluding tert-OH is 1. The lowest BCUT2D eigenvalue weighted by molar-refractivity contribution is -0.687. The first-order valence-corrected chi connectivity index (χ1v) is 7.97. The second-order valence-corrected chi connectivity index (χ2v) is 7.05. The highest BCUT2D eigenvalue weighted by atomic mass is 19.1. The molecule has 0 unspecified atom stereocenters. The van der Waals surface area contributed by atoms with Gasteiger partial charge in [-0.05, 0) is 23.1 Å². The Morgan fingerprint density at radius 1 is 1.33 bits per heavy atom. The minimum atomic E-state index is -0.285. The van der Waals surface area contributed by atoms with Crippen molar-refractivity contribution in [3.63, 3.8) is 0 Å². The third-order valence-corrected chi connectivity index (χ3v) is 3.91. The maximum absolute atomic E-state index is 12.9. The first kappa shape index (κ1) is 18.1. The summed E-state index contributed by atoms with van der Waals surface area (Å²) in [7, 11) is 0. The lowest BCUT2D eigenvalue weighted by Crippen LogP contribution is -2.47. The summed E-state index contributed by atoms with van der Waals surface area (Å²) in [5.41, 5.74) is 0.778. The van der Waals surface area contributed by atoms with Gasteiger partial charge >= 0.3 is 0 Å². The van der Waals surface area contributed by atoms with Crippen molar-refractivity contribution >= 4 is 5.91 Å². The lowest BCUT2D eigenvalue weighted by Gasteiger charge is -2.29. The molecule has 24 heavy (non-hydrogen) atoms. The molecule has 1 atom stereocenters. The van der Waals surface area contributed by atoms with Crippen molar-refractivity contribution in [2.24, 2.45) is 5.41 Å². The maximum atomic E-state index is 12.9. The van der Waals surface area contributed by atoms with Gasteiger partial charge in [-0.1, -0.05) is 32.9 Å². The third kappa shape index (κ3) is 5.16. The fraction of sp³-hybridized carbons (Fsp3) is 0.444. The molecule has 1 amide bonds. The summed E-state index contributed by atoms with van der Waals surface area (Å²) >= 11 is 0. The van der Waals surface area contributed by atoms with Crippen molar-refractivity contribution in [2.45, 2.75) is 39.9 Å². The van der Waals surface area contributed by atoms with Gasteiger partial charge in [0, 0.05) is 0 Å². The number of nitrogens with one attached hydrogen (secondary N) is 1. The van der Waals surface area contributed by atoms with Crippen LogP contribution in [0.1, 0.15) is 26.3 Å². The number of nitrogens with zero attached hydrogens (tertiary/aromatic N) is 2. The monoisotopic (exact) mass is 334 g/mol. The van der Waals surface area contributed by atoms with E-state index < -0.39 is 0 Å². The Hall–Kier alpha value is -2.21. The van der Waals surface area contributed by atoms with E-state index in [1.165, 1.54) is 12.1 Å². The minimum Gasteiger partial charge on any atom is -0.394 e. The van der Waals surface area contributed by atoms with Crippen molar-refractivity contribution in [3.05, 3.63) is 54.4 Å². The van der Waals surface area contributed by atoms with Crippen molar-refractivity contribution < 1.29 is 18.9 Å². The zero-order valence-corrected chi connectivity index (χ0v) is 14.4. The molecule has 0 aliphatic carbocycles. The quantitative estimate of drug-likeness (QED) is 0.787. The highest BCUT2D eigenvalue weighted by Gasteiger charge is 2.26. The molecule has 0 saturated carbocycles. The van der Waals surface area contributed by atoms with E-state index in [9.17, 15) is 14.3 Å². The summed E-state index contributed by atoms with van der Waals surface area (Å²) in [5.74, 6) is -0.399. The van der Waals surface area contributed by atoms with Crippen LogP contribution in [0.4, 0.5) is 4.39 Å². The van der Waals surface area contributed by atoms with E-state index >= 15 is 0 Å². The Bertz CT molecular complexity index is 674. The number of carbonyl (C=O) groups excluding carboxylic acids is 1. The number of carbonyl (C=O) groups is 1. The summed E-state index contributed by atoms with van der Waals surface area (Å²) < 4.78 is 16.6. The average Bonchev–Trinajstić information content (AvgIpc) is 2.93.